The van der Waals surface area contributed by atoms with Crippen LogP contribution in [0.5, 0.6) is 0 Å². The SMILES string of the molecule is CC(=O)NC1[C@H](OC2C(O)[C@H](O)C(CO)O[C@@H]2O[C@@H]2C(O)[C@H](O[C@@H]3C(CO)O[C@@H](O[C@@H]4C(CO)O[C@@H](C)C(NC(C)=O)[C@H]4O)C(NC(C)=O)[C@H]3O)OC(CO[C@H]3OC(CO)[C@@H](O)[C@H](O)C3CCO)[C@H]2O)OC(CO)[C@@H](O)[C@@H]1O. The average Bonchev–Trinajstić information content (AvgIpc) is 3.44. The number of hydrogen-bond donors (Lipinski definition) is 19. The van der Waals surface area contributed by atoms with Crippen LogP contribution in [-0.4, -0.2) is 323 Å². The van der Waals surface area contributed by atoms with Gasteiger partial charge in [0, 0.05) is 33.3 Å². The topological polar surface area (TPSA) is 513 Å². The molecular formula is C45H77N3O30. The molecule has 6 heterocycles. The second kappa shape index (κ2) is 28.5. The molecule has 0 bridgehead atoms. The monoisotopic (exact) mass is 1140 g/mol. The molecule has 19 N–H and O–H groups in total. The first kappa shape index (κ1) is 64.5. The Morgan fingerprint density at radius 3 is 1.31 bits per heavy atom. The summed E-state index contributed by atoms with van der Waals surface area (Å²) in [6.07, 6.45) is -47.1. The van der Waals surface area contributed by atoms with Crippen LogP contribution in [0.3, 0.4) is 0 Å². The molecule has 78 heavy (non-hydrogen) atoms. The molecule has 33 nitrogen and oxygen atoms in total. The van der Waals surface area contributed by atoms with E-state index < -0.39 is 248 Å². The highest BCUT2D eigenvalue weighted by atomic mass is 16.8. The third-order valence-electron chi connectivity index (χ3n) is 14.5. The van der Waals surface area contributed by atoms with Gasteiger partial charge in [-0.3, -0.25) is 14.4 Å². The van der Waals surface area contributed by atoms with E-state index in [4.69, 9.17) is 52.1 Å². The van der Waals surface area contributed by atoms with E-state index in [1.54, 1.807) is 0 Å². The smallest absolute Gasteiger partial charge is 0.217 e. The summed E-state index contributed by atoms with van der Waals surface area (Å²) in [5.41, 5.74) is 0. The number of hydrogen-bond acceptors (Lipinski definition) is 30. The normalized spacial score (nSPS) is 47.2. The zero-order chi connectivity index (χ0) is 57.6. The van der Waals surface area contributed by atoms with Crippen molar-refractivity contribution in [3.8, 4) is 0 Å². The molecule has 3 amide bonds. The molecule has 0 aromatic rings. The fraction of sp³-hybridized carbons (Fsp3) is 0.933. The Morgan fingerprint density at radius 1 is 0.385 bits per heavy atom. The molecule has 452 valence electrons. The summed E-state index contributed by atoms with van der Waals surface area (Å²) in [5, 5.41) is 182. The second-order valence-electron chi connectivity index (χ2n) is 20.0. The van der Waals surface area contributed by atoms with Crippen LogP contribution in [-0.2, 0) is 66.5 Å². The highest BCUT2D eigenvalue weighted by Gasteiger charge is 2.58. The molecule has 33 heteroatoms. The van der Waals surface area contributed by atoms with E-state index in [1.807, 2.05) is 0 Å². The molecule has 6 fully saturated rings. The Labute approximate surface area is 445 Å². The molecule has 6 rings (SSSR count). The van der Waals surface area contributed by atoms with Crippen molar-refractivity contribution in [2.24, 2.45) is 5.92 Å². The number of carbonyl (C=O) groups is 3. The lowest BCUT2D eigenvalue weighted by Crippen LogP contribution is -2.70. The number of carbonyl (C=O) groups excluding carboxylic acids is 3. The Balaban J connectivity index is 1.34. The van der Waals surface area contributed by atoms with Gasteiger partial charge >= 0.3 is 0 Å². The van der Waals surface area contributed by atoms with Gasteiger partial charge in [0.25, 0.3) is 0 Å². The zero-order valence-corrected chi connectivity index (χ0v) is 42.8. The maximum Gasteiger partial charge on any atom is 0.217 e. The molecule has 0 spiro atoms. The minimum Gasteiger partial charge on any atom is -0.396 e. The number of aliphatic hydroxyl groups is 16. The summed E-state index contributed by atoms with van der Waals surface area (Å²) in [7, 11) is 0. The van der Waals surface area contributed by atoms with E-state index in [2.05, 4.69) is 16.0 Å². The first-order valence-electron chi connectivity index (χ1n) is 25.4. The van der Waals surface area contributed by atoms with E-state index in [0.29, 0.717) is 0 Å². The molecule has 13 unspecified atom stereocenters. The minimum absolute atomic E-state index is 0.237. The van der Waals surface area contributed by atoms with Gasteiger partial charge in [-0.05, 0) is 13.3 Å². The Bertz CT molecular complexity index is 1900. The Kier molecular flexibility index (Phi) is 23.6. The van der Waals surface area contributed by atoms with Crippen LogP contribution in [0.1, 0.15) is 34.1 Å². The van der Waals surface area contributed by atoms with Crippen molar-refractivity contribution < 1.29 is 148 Å². The van der Waals surface area contributed by atoms with Crippen molar-refractivity contribution in [2.75, 3.05) is 46.2 Å². The van der Waals surface area contributed by atoms with Crippen LogP contribution in [0.25, 0.3) is 0 Å². The van der Waals surface area contributed by atoms with Crippen molar-refractivity contribution in [3.63, 3.8) is 0 Å². The van der Waals surface area contributed by atoms with Crippen LogP contribution < -0.4 is 16.0 Å². The van der Waals surface area contributed by atoms with Gasteiger partial charge in [0.1, 0.15) is 128 Å². The minimum atomic E-state index is -2.30. The molecule has 0 aromatic heterocycles. The number of nitrogens with one attached hydrogen (secondary N) is 3. The molecule has 6 aliphatic heterocycles. The Morgan fingerprint density at radius 2 is 0.782 bits per heavy atom. The third-order valence-corrected chi connectivity index (χ3v) is 14.5. The van der Waals surface area contributed by atoms with Crippen LogP contribution in [0.2, 0.25) is 0 Å². The van der Waals surface area contributed by atoms with Crippen LogP contribution >= 0.6 is 0 Å². The highest BCUT2D eigenvalue weighted by Crippen LogP contribution is 2.37. The van der Waals surface area contributed by atoms with Gasteiger partial charge in [0.05, 0.1) is 57.9 Å². The van der Waals surface area contributed by atoms with Crippen molar-refractivity contribution in [2.45, 2.75) is 212 Å². The number of amides is 3. The van der Waals surface area contributed by atoms with Crippen molar-refractivity contribution in [1.82, 2.24) is 16.0 Å². The van der Waals surface area contributed by atoms with E-state index >= 15 is 0 Å². The molecule has 0 aliphatic carbocycles. The maximum atomic E-state index is 12.7. The summed E-state index contributed by atoms with van der Waals surface area (Å²) in [6.45, 7) is -1.13. The molecule has 0 radical (unpaired) electrons. The lowest BCUT2D eigenvalue weighted by atomic mass is 9.88. The number of ether oxygens (including phenoxy) is 11. The van der Waals surface area contributed by atoms with E-state index in [0.717, 1.165) is 13.8 Å². The molecule has 30 atom stereocenters. The van der Waals surface area contributed by atoms with E-state index in [1.165, 1.54) is 13.8 Å². The largest absolute Gasteiger partial charge is 0.396 e. The van der Waals surface area contributed by atoms with Crippen LogP contribution in [0.4, 0.5) is 0 Å². The first-order chi connectivity index (χ1) is 36.9. The lowest BCUT2D eigenvalue weighted by Gasteiger charge is -2.51. The molecule has 0 aromatic carbocycles. The van der Waals surface area contributed by atoms with Crippen molar-refractivity contribution in [3.05, 3.63) is 0 Å². The third kappa shape index (κ3) is 14.4. The average molecular weight is 1140 g/mol. The quantitative estimate of drug-likeness (QED) is 0.0507. The van der Waals surface area contributed by atoms with Gasteiger partial charge in [0.2, 0.25) is 17.7 Å². The van der Waals surface area contributed by atoms with Gasteiger partial charge in [-0.15, -0.1) is 0 Å². The predicted molar refractivity (Wildman–Crippen MR) is 247 cm³/mol. The van der Waals surface area contributed by atoms with Crippen molar-refractivity contribution in [1.29, 1.82) is 0 Å². The first-order valence-corrected chi connectivity index (χ1v) is 25.4. The fourth-order valence-electron chi connectivity index (χ4n) is 10.4. The summed E-state index contributed by atoms with van der Waals surface area (Å²) >= 11 is 0. The summed E-state index contributed by atoms with van der Waals surface area (Å²) in [6, 6.07) is -4.46. The highest BCUT2D eigenvalue weighted by molar-refractivity contribution is 5.74. The summed E-state index contributed by atoms with van der Waals surface area (Å²) in [4.78, 5) is 37.0. The molecule has 6 aliphatic rings. The molecule has 0 saturated carbocycles. The molecular weight excluding hydrogens is 1060 g/mol. The summed E-state index contributed by atoms with van der Waals surface area (Å²) in [5.74, 6) is -3.33. The predicted octanol–water partition coefficient (Wildman–Crippen LogP) is -12.0. The van der Waals surface area contributed by atoms with Crippen molar-refractivity contribution >= 4 is 17.7 Å². The number of rotatable bonds is 21. The van der Waals surface area contributed by atoms with E-state index in [9.17, 15) is 96.1 Å². The lowest BCUT2D eigenvalue weighted by molar-refractivity contribution is -0.393. The fourth-order valence-corrected chi connectivity index (χ4v) is 10.4. The number of aliphatic hydroxyl groups excluding tert-OH is 16. The Hall–Kier alpha value is -2.67. The molecule has 6 saturated heterocycles. The van der Waals surface area contributed by atoms with Gasteiger partial charge in [-0.2, -0.15) is 0 Å². The van der Waals surface area contributed by atoms with Gasteiger partial charge in [-0.1, -0.05) is 0 Å². The van der Waals surface area contributed by atoms with E-state index in [-0.39, 0.29) is 6.42 Å². The van der Waals surface area contributed by atoms with Gasteiger partial charge < -0.3 is 150 Å². The zero-order valence-electron chi connectivity index (χ0n) is 42.8. The standard InChI is InChI=1S/C45H77N3O30/c1-13-24(46-14(2)55)33(64)37(21(10-53)69-13)75-43-26(48-16(4)57)34(65)38(22(11-54)73-43)76-44-36(67)39(31(62)23(74-44)12-68-41-17(5-6-49)27(58)28(59)18(7-50)70-41)77-45-40(35(66)30(61)20(9-52)72-45)78-42-25(47-15(3)56)32(63)29(60)19(8-51)71-42/h13,17-45,49-54,58-67H,5-12H2,1-4H3,(H,46,55)(H,47,56)(H,48,57)/t13-,17?,18?,19?,20?,21?,22?,23?,24?,25?,26?,27+,28+,29+,30+,31+,32+,33+,34+,35?,36?,37+,38+,39-,40?,41-,42-,43-,44-,45+/m0/s1. The summed E-state index contributed by atoms with van der Waals surface area (Å²) < 4.78 is 65.4. The van der Waals surface area contributed by atoms with Gasteiger partial charge in [0.15, 0.2) is 31.5 Å². The second-order valence-corrected chi connectivity index (χ2v) is 20.0. The van der Waals surface area contributed by atoms with Crippen LogP contribution in [0, 0.1) is 5.92 Å². The van der Waals surface area contributed by atoms with Gasteiger partial charge in [-0.25, -0.2) is 0 Å². The van der Waals surface area contributed by atoms with Crippen LogP contribution in [0.15, 0.2) is 0 Å². The maximum absolute atomic E-state index is 12.7.